The van der Waals surface area contributed by atoms with Crippen molar-refractivity contribution in [3.8, 4) is 0 Å². The molecule has 0 radical (unpaired) electrons. The Morgan fingerprint density at radius 1 is 1.22 bits per heavy atom. The van der Waals surface area contributed by atoms with Crippen molar-refractivity contribution in [1.82, 2.24) is 0 Å². The molecule has 0 aromatic heterocycles. The molecule has 0 spiro atoms. The molecule has 2 fully saturated rings. The molecule has 1 saturated carbocycles. The van der Waals surface area contributed by atoms with Gasteiger partial charge in [0.15, 0.2) is 0 Å². The molecule has 2 aliphatic rings. The minimum Gasteiger partial charge on any atom is -0.464 e. The summed E-state index contributed by atoms with van der Waals surface area (Å²) in [5.74, 6) is -0.612. The van der Waals surface area contributed by atoms with Crippen LogP contribution in [0.25, 0.3) is 0 Å². The van der Waals surface area contributed by atoms with Gasteiger partial charge in [-0.3, -0.25) is 0 Å². The van der Waals surface area contributed by atoms with Gasteiger partial charge >= 0.3 is 16.4 Å². The van der Waals surface area contributed by atoms with Gasteiger partial charge in [-0.25, -0.2) is 13.2 Å². The number of esters is 1. The van der Waals surface area contributed by atoms with Gasteiger partial charge in [0.25, 0.3) is 0 Å². The van der Waals surface area contributed by atoms with Crippen LogP contribution in [0.4, 0.5) is 0 Å². The Hall–Kier alpha value is -0.660. The molecule has 0 aromatic rings. The Labute approximate surface area is 107 Å². The minimum absolute atomic E-state index is 0.0467. The van der Waals surface area contributed by atoms with E-state index in [-0.39, 0.29) is 12.5 Å². The molecule has 0 unspecified atom stereocenters. The summed E-state index contributed by atoms with van der Waals surface area (Å²) in [7, 11) is -4.06. The average Bonchev–Trinajstić information content (AvgIpc) is 2.67. The van der Waals surface area contributed by atoms with Crippen molar-refractivity contribution in [3.05, 3.63) is 0 Å². The molecule has 1 saturated heterocycles. The number of ether oxygens (including phenoxy) is 1. The van der Waals surface area contributed by atoms with Crippen molar-refractivity contribution >= 4 is 16.4 Å². The summed E-state index contributed by atoms with van der Waals surface area (Å²) in [6.45, 7) is 1.86. The topological polar surface area (TPSA) is 78.9 Å². The zero-order valence-electron chi connectivity index (χ0n) is 10.3. The van der Waals surface area contributed by atoms with Crippen LogP contribution in [0.1, 0.15) is 39.0 Å². The van der Waals surface area contributed by atoms with Crippen molar-refractivity contribution in [2.75, 3.05) is 6.61 Å². The van der Waals surface area contributed by atoms with E-state index in [0.717, 1.165) is 32.1 Å². The summed E-state index contributed by atoms with van der Waals surface area (Å²) in [6, 6.07) is 0. The van der Waals surface area contributed by atoms with Crippen LogP contribution in [0.2, 0.25) is 0 Å². The van der Waals surface area contributed by atoms with Gasteiger partial charge in [-0.2, -0.15) is 8.42 Å². The van der Waals surface area contributed by atoms with Gasteiger partial charge in [0.05, 0.1) is 6.61 Å². The van der Waals surface area contributed by atoms with E-state index in [1.54, 1.807) is 6.92 Å². The molecule has 6 nitrogen and oxygen atoms in total. The first-order chi connectivity index (χ1) is 8.53. The molecule has 0 N–H and O–H groups in total. The van der Waals surface area contributed by atoms with E-state index < -0.39 is 28.6 Å². The average molecular weight is 278 g/mol. The van der Waals surface area contributed by atoms with Gasteiger partial charge in [0.1, 0.15) is 6.10 Å². The number of carbonyl (C=O) groups excluding carboxylic acids is 1. The monoisotopic (exact) mass is 278 g/mol. The van der Waals surface area contributed by atoms with E-state index in [2.05, 4.69) is 0 Å². The zero-order valence-corrected chi connectivity index (χ0v) is 11.1. The Morgan fingerprint density at radius 3 is 2.50 bits per heavy atom. The fourth-order valence-corrected chi connectivity index (χ4v) is 3.59. The van der Waals surface area contributed by atoms with Crippen molar-refractivity contribution in [2.24, 2.45) is 5.92 Å². The molecule has 104 valence electrons. The molecule has 1 heterocycles. The largest absolute Gasteiger partial charge is 0.464 e. The Kier molecular flexibility index (Phi) is 4.24. The standard InChI is InChI=1S/C11H18O6S/c1-2-15-11(12)10-9(16-18(13,14)17-10)8-6-4-3-5-7-8/h8-10H,2-7H2,1H3/t9-,10+/m1/s1. The Morgan fingerprint density at radius 2 is 1.89 bits per heavy atom. The maximum absolute atomic E-state index is 11.7. The van der Waals surface area contributed by atoms with Crippen molar-refractivity contribution < 1.29 is 26.3 Å². The Balaban J connectivity index is 2.11. The van der Waals surface area contributed by atoms with Gasteiger partial charge in [-0.1, -0.05) is 19.3 Å². The van der Waals surface area contributed by atoms with E-state index in [9.17, 15) is 13.2 Å². The molecule has 1 aliphatic heterocycles. The number of hydrogen-bond donors (Lipinski definition) is 0. The van der Waals surface area contributed by atoms with Crippen LogP contribution in [-0.4, -0.2) is 33.2 Å². The number of rotatable bonds is 3. The fraction of sp³-hybridized carbons (Fsp3) is 0.909. The highest BCUT2D eigenvalue weighted by molar-refractivity contribution is 7.82. The van der Waals surface area contributed by atoms with Crippen LogP contribution in [0.5, 0.6) is 0 Å². The minimum atomic E-state index is -4.06. The molecular weight excluding hydrogens is 260 g/mol. The lowest BCUT2D eigenvalue weighted by Gasteiger charge is -2.27. The van der Waals surface area contributed by atoms with Crippen LogP contribution in [-0.2, 0) is 28.3 Å². The zero-order chi connectivity index (χ0) is 13.2. The van der Waals surface area contributed by atoms with E-state index in [1.165, 1.54) is 0 Å². The first kappa shape index (κ1) is 13.8. The fourth-order valence-electron chi connectivity index (χ4n) is 2.58. The van der Waals surface area contributed by atoms with Crippen LogP contribution in [0.3, 0.4) is 0 Å². The van der Waals surface area contributed by atoms with Crippen LogP contribution < -0.4 is 0 Å². The molecule has 0 aromatic carbocycles. The summed E-state index contributed by atoms with van der Waals surface area (Å²) in [6.07, 6.45) is 3.05. The second-order valence-electron chi connectivity index (χ2n) is 4.64. The van der Waals surface area contributed by atoms with Crippen LogP contribution in [0, 0.1) is 5.92 Å². The second kappa shape index (κ2) is 5.54. The molecule has 0 bridgehead atoms. The highest BCUT2D eigenvalue weighted by atomic mass is 32.3. The lowest BCUT2D eigenvalue weighted by Crippen LogP contribution is -2.38. The van der Waals surface area contributed by atoms with Gasteiger partial charge in [0.2, 0.25) is 6.10 Å². The van der Waals surface area contributed by atoms with Crippen molar-refractivity contribution in [2.45, 2.75) is 51.2 Å². The van der Waals surface area contributed by atoms with E-state index >= 15 is 0 Å². The Bertz CT molecular complexity index is 398. The number of carbonyl (C=O) groups is 1. The smallest absolute Gasteiger partial charge is 0.401 e. The molecule has 1 aliphatic carbocycles. The van der Waals surface area contributed by atoms with Gasteiger partial charge in [-0.15, -0.1) is 0 Å². The summed E-state index contributed by atoms with van der Waals surface area (Å²) in [5, 5.41) is 0. The molecule has 7 heteroatoms. The highest BCUT2D eigenvalue weighted by Gasteiger charge is 2.49. The van der Waals surface area contributed by atoms with Gasteiger partial charge in [0, 0.05) is 0 Å². The predicted molar refractivity (Wildman–Crippen MR) is 61.9 cm³/mol. The molecular formula is C11H18O6S. The summed E-state index contributed by atoms with van der Waals surface area (Å²) in [4.78, 5) is 11.7. The molecule has 2 atom stereocenters. The quantitative estimate of drug-likeness (QED) is 0.721. The van der Waals surface area contributed by atoms with E-state index in [0.29, 0.717) is 0 Å². The van der Waals surface area contributed by atoms with E-state index in [1.807, 2.05) is 0 Å². The highest BCUT2D eigenvalue weighted by Crippen LogP contribution is 2.35. The number of hydrogen-bond acceptors (Lipinski definition) is 6. The maximum atomic E-state index is 11.7. The summed E-state index contributed by atoms with van der Waals surface area (Å²) < 4.78 is 37.2. The predicted octanol–water partition coefficient (Wildman–Crippen LogP) is 1.16. The van der Waals surface area contributed by atoms with Crippen molar-refractivity contribution in [3.63, 3.8) is 0 Å². The lowest BCUT2D eigenvalue weighted by molar-refractivity contribution is -0.153. The third-order valence-corrected chi connectivity index (χ3v) is 4.28. The van der Waals surface area contributed by atoms with Crippen LogP contribution >= 0.6 is 0 Å². The normalized spacial score (nSPS) is 32.3. The third-order valence-electron chi connectivity index (χ3n) is 3.38. The maximum Gasteiger partial charge on any atom is 0.401 e. The second-order valence-corrected chi connectivity index (χ2v) is 5.84. The van der Waals surface area contributed by atoms with E-state index in [4.69, 9.17) is 13.1 Å². The van der Waals surface area contributed by atoms with Gasteiger partial charge in [-0.05, 0) is 25.7 Å². The lowest BCUT2D eigenvalue weighted by atomic mass is 9.83. The summed E-state index contributed by atoms with van der Waals surface area (Å²) in [5.41, 5.74) is 0. The third kappa shape index (κ3) is 3.02. The molecule has 2 rings (SSSR count). The molecule has 0 amide bonds. The SMILES string of the molecule is CCOC(=O)[C@H]1OS(=O)(=O)O[C@@H]1C1CCCCC1. The first-order valence-corrected chi connectivity index (χ1v) is 7.65. The van der Waals surface area contributed by atoms with Crippen molar-refractivity contribution in [1.29, 1.82) is 0 Å². The summed E-state index contributed by atoms with van der Waals surface area (Å²) >= 11 is 0. The van der Waals surface area contributed by atoms with Crippen LogP contribution in [0.15, 0.2) is 0 Å². The van der Waals surface area contributed by atoms with Gasteiger partial charge < -0.3 is 4.74 Å². The molecule has 18 heavy (non-hydrogen) atoms. The first-order valence-electron chi connectivity index (χ1n) is 6.31.